The van der Waals surface area contributed by atoms with Crippen molar-refractivity contribution in [1.82, 2.24) is 0 Å². The van der Waals surface area contributed by atoms with E-state index in [9.17, 15) is 20.4 Å². The summed E-state index contributed by atoms with van der Waals surface area (Å²) in [6.07, 6.45) is 9.83. The Balaban J connectivity index is 1.27. The molecular formula is C35H60O6. The molecule has 41 heavy (non-hydrogen) atoms. The molecule has 0 aromatic carbocycles. The summed E-state index contributed by atoms with van der Waals surface area (Å²) < 4.78 is 12.1. The van der Waals surface area contributed by atoms with Gasteiger partial charge in [0.05, 0.1) is 12.7 Å². The minimum Gasteiger partial charge on any atom is -0.394 e. The van der Waals surface area contributed by atoms with Crippen LogP contribution in [0.25, 0.3) is 0 Å². The summed E-state index contributed by atoms with van der Waals surface area (Å²) in [5, 5.41) is 40.7. The SMILES string of the molecule is CCC(CC(C)C)CC(C)C1CCC2C3CC=C4CCC(OC5OC(CO)C(O)C(O)C5O)CC4(C)C3CCC12C. The molecule has 0 amide bonds. The van der Waals surface area contributed by atoms with Crippen molar-refractivity contribution in [2.45, 2.75) is 149 Å². The van der Waals surface area contributed by atoms with Gasteiger partial charge in [-0.25, -0.2) is 0 Å². The number of aliphatic hydroxyl groups is 4. The van der Waals surface area contributed by atoms with Crippen LogP contribution < -0.4 is 0 Å². The van der Waals surface area contributed by atoms with E-state index in [-0.39, 0.29) is 11.5 Å². The van der Waals surface area contributed by atoms with Gasteiger partial charge in [-0.05, 0) is 116 Å². The van der Waals surface area contributed by atoms with Crippen LogP contribution >= 0.6 is 0 Å². The van der Waals surface area contributed by atoms with Crippen molar-refractivity contribution in [2.24, 2.45) is 52.3 Å². The maximum atomic E-state index is 10.6. The minimum atomic E-state index is -1.40. The first kappa shape index (κ1) is 31.9. The zero-order valence-electron chi connectivity index (χ0n) is 26.7. The first-order valence-electron chi connectivity index (χ1n) is 17.1. The topological polar surface area (TPSA) is 99.4 Å². The molecule has 0 bridgehead atoms. The van der Waals surface area contributed by atoms with Gasteiger partial charge >= 0.3 is 0 Å². The third kappa shape index (κ3) is 5.84. The lowest BCUT2D eigenvalue weighted by Crippen LogP contribution is -2.60. The Bertz CT molecular complexity index is 918. The van der Waals surface area contributed by atoms with Gasteiger partial charge in [-0.3, -0.25) is 0 Å². The van der Waals surface area contributed by atoms with Crippen LogP contribution in [0.3, 0.4) is 0 Å². The van der Waals surface area contributed by atoms with Crippen molar-refractivity contribution in [3.05, 3.63) is 11.6 Å². The second-order valence-corrected chi connectivity index (χ2v) is 15.8. The summed E-state index contributed by atoms with van der Waals surface area (Å²) in [5.74, 6) is 5.43. The second kappa shape index (κ2) is 12.5. The van der Waals surface area contributed by atoms with Crippen molar-refractivity contribution in [1.29, 1.82) is 0 Å². The Morgan fingerprint density at radius 1 is 0.976 bits per heavy atom. The van der Waals surface area contributed by atoms with Crippen molar-refractivity contribution >= 4 is 0 Å². The quantitative estimate of drug-likeness (QED) is 0.257. The summed E-state index contributed by atoms with van der Waals surface area (Å²) in [5.41, 5.74) is 2.12. The molecule has 1 aliphatic heterocycles. The van der Waals surface area contributed by atoms with Gasteiger partial charge in [-0.2, -0.15) is 0 Å². The van der Waals surface area contributed by atoms with Crippen LogP contribution in [0.5, 0.6) is 0 Å². The fourth-order valence-electron chi connectivity index (χ4n) is 11.0. The van der Waals surface area contributed by atoms with Crippen LogP contribution in [0.15, 0.2) is 11.6 Å². The molecule has 14 atom stereocenters. The van der Waals surface area contributed by atoms with Gasteiger partial charge in [-0.15, -0.1) is 0 Å². The number of fused-ring (bicyclic) bond motifs is 5. The molecule has 4 aliphatic carbocycles. The molecular weight excluding hydrogens is 516 g/mol. The molecule has 4 N–H and O–H groups in total. The van der Waals surface area contributed by atoms with Crippen molar-refractivity contribution in [2.75, 3.05) is 6.61 Å². The molecule has 14 unspecified atom stereocenters. The Kier molecular flexibility index (Phi) is 9.71. The summed E-state index contributed by atoms with van der Waals surface area (Å²) in [7, 11) is 0. The molecule has 5 aliphatic rings. The molecule has 236 valence electrons. The first-order valence-corrected chi connectivity index (χ1v) is 17.1. The molecule has 1 heterocycles. The van der Waals surface area contributed by atoms with Gasteiger partial charge in [0.2, 0.25) is 0 Å². The Labute approximate surface area is 249 Å². The normalized spacial score (nSPS) is 47.7. The van der Waals surface area contributed by atoms with Gasteiger partial charge in [0.1, 0.15) is 24.4 Å². The van der Waals surface area contributed by atoms with E-state index in [0.717, 1.165) is 54.8 Å². The predicted octanol–water partition coefficient (Wildman–Crippen LogP) is 5.85. The molecule has 4 fully saturated rings. The van der Waals surface area contributed by atoms with E-state index in [1.807, 2.05) is 0 Å². The van der Waals surface area contributed by atoms with Gasteiger partial charge in [0.15, 0.2) is 6.29 Å². The highest BCUT2D eigenvalue weighted by Crippen LogP contribution is 2.67. The number of aliphatic hydroxyl groups excluding tert-OH is 4. The third-order valence-electron chi connectivity index (χ3n) is 13.0. The van der Waals surface area contributed by atoms with E-state index < -0.39 is 37.3 Å². The van der Waals surface area contributed by atoms with Crippen LogP contribution in [-0.2, 0) is 9.47 Å². The molecule has 0 spiro atoms. The van der Waals surface area contributed by atoms with Crippen LogP contribution in [0.2, 0.25) is 0 Å². The van der Waals surface area contributed by atoms with Crippen LogP contribution in [0, 0.1) is 52.3 Å². The molecule has 1 saturated heterocycles. The summed E-state index contributed by atoms with van der Waals surface area (Å²) in [4.78, 5) is 0. The largest absolute Gasteiger partial charge is 0.394 e. The van der Waals surface area contributed by atoms with Crippen LogP contribution in [0.1, 0.15) is 112 Å². The van der Waals surface area contributed by atoms with Crippen LogP contribution in [-0.4, -0.2) is 63.8 Å². The highest BCUT2D eigenvalue weighted by atomic mass is 16.7. The lowest BCUT2D eigenvalue weighted by molar-refractivity contribution is -0.314. The molecule has 6 nitrogen and oxygen atoms in total. The number of ether oxygens (including phenoxy) is 2. The number of allylic oxidation sites excluding steroid dienone is 2. The predicted molar refractivity (Wildman–Crippen MR) is 161 cm³/mol. The molecule has 3 saturated carbocycles. The van der Waals surface area contributed by atoms with Crippen molar-refractivity contribution in [3.8, 4) is 0 Å². The average molecular weight is 577 g/mol. The fourth-order valence-corrected chi connectivity index (χ4v) is 11.0. The van der Waals surface area contributed by atoms with Gasteiger partial charge in [0.25, 0.3) is 0 Å². The van der Waals surface area contributed by atoms with Gasteiger partial charge < -0.3 is 29.9 Å². The lowest BCUT2D eigenvalue weighted by Gasteiger charge is -2.59. The van der Waals surface area contributed by atoms with E-state index in [1.165, 1.54) is 51.4 Å². The molecule has 6 heteroatoms. The zero-order chi connectivity index (χ0) is 29.7. The van der Waals surface area contributed by atoms with E-state index >= 15 is 0 Å². The monoisotopic (exact) mass is 576 g/mol. The summed E-state index contributed by atoms with van der Waals surface area (Å²) in [6, 6.07) is 0. The van der Waals surface area contributed by atoms with Crippen LogP contribution in [0.4, 0.5) is 0 Å². The number of rotatable bonds is 9. The van der Waals surface area contributed by atoms with Gasteiger partial charge in [-0.1, -0.05) is 59.6 Å². The van der Waals surface area contributed by atoms with Crippen molar-refractivity contribution < 1.29 is 29.9 Å². The molecule has 0 aromatic heterocycles. The zero-order valence-corrected chi connectivity index (χ0v) is 26.7. The molecule has 5 rings (SSSR count). The van der Waals surface area contributed by atoms with E-state index in [2.05, 4.69) is 47.6 Å². The molecule has 0 aromatic rings. The first-order chi connectivity index (χ1) is 19.4. The highest BCUT2D eigenvalue weighted by molar-refractivity contribution is 5.25. The number of hydrogen-bond acceptors (Lipinski definition) is 6. The third-order valence-corrected chi connectivity index (χ3v) is 13.0. The van der Waals surface area contributed by atoms with E-state index in [0.29, 0.717) is 11.3 Å². The lowest BCUT2D eigenvalue weighted by atomic mass is 9.47. The standard InChI is InChI=1S/C35H60O6/c1-7-22(16-20(2)3)17-21(4)26-12-13-27-25-11-9-23-8-10-24(18-35(23,6)28(25)14-15-34(26,27)5)40-33-32(39)31(38)30(37)29(19-36)41-33/h9,20-22,24-33,36-39H,7-8,10-19H2,1-6H3. The van der Waals surface area contributed by atoms with E-state index in [1.54, 1.807) is 5.57 Å². The minimum absolute atomic E-state index is 0.0789. The Morgan fingerprint density at radius 2 is 1.73 bits per heavy atom. The highest BCUT2D eigenvalue weighted by Gasteiger charge is 2.59. The van der Waals surface area contributed by atoms with Gasteiger partial charge in [0, 0.05) is 0 Å². The maximum absolute atomic E-state index is 10.6. The second-order valence-electron chi connectivity index (χ2n) is 15.8. The number of hydrogen-bond donors (Lipinski definition) is 4. The summed E-state index contributed by atoms with van der Waals surface area (Å²) >= 11 is 0. The average Bonchev–Trinajstić information content (AvgIpc) is 3.29. The van der Waals surface area contributed by atoms with Crippen molar-refractivity contribution in [3.63, 3.8) is 0 Å². The summed E-state index contributed by atoms with van der Waals surface area (Å²) in [6.45, 7) is 14.4. The Hall–Kier alpha value is -0.500. The molecule has 0 radical (unpaired) electrons. The Morgan fingerprint density at radius 3 is 2.41 bits per heavy atom. The van der Waals surface area contributed by atoms with E-state index in [4.69, 9.17) is 9.47 Å². The smallest absolute Gasteiger partial charge is 0.186 e. The fraction of sp³-hybridized carbons (Fsp3) is 0.943. The maximum Gasteiger partial charge on any atom is 0.186 e.